The molecule has 0 aliphatic heterocycles. The van der Waals surface area contributed by atoms with Crippen LogP contribution >= 0.6 is 0 Å². The molecule has 3 rings (SSSR count). The summed E-state index contributed by atoms with van der Waals surface area (Å²) in [5.74, 6) is -2.99. The lowest BCUT2D eigenvalue weighted by molar-refractivity contribution is 0.0690. The molecular weight excluding hydrogens is 378 g/mol. The molecule has 0 bridgehead atoms. The largest absolute Gasteiger partial charge is 0.477 e. The van der Waals surface area contributed by atoms with Crippen molar-refractivity contribution >= 4 is 11.7 Å². The molecule has 3 aromatic heterocycles. The first-order valence-corrected chi connectivity index (χ1v) is 8.82. The summed E-state index contributed by atoms with van der Waals surface area (Å²) in [5, 5.41) is 9.24. The van der Waals surface area contributed by atoms with E-state index in [1.165, 1.54) is 12.1 Å². The normalized spacial score (nSPS) is 11.4. The number of halogens is 2. The summed E-state index contributed by atoms with van der Waals surface area (Å²) < 4.78 is 27.5. The van der Waals surface area contributed by atoms with Gasteiger partial charge in [-0.25, -0.2) is 9.78 Å². The second kappa shape index (κ2) is 7.54. The Kier molecular flexibility index (Phi) is 5.28. The molecule has 0 aliphatic rings. The van der Waals surface area contributed by atoms with E-state index in [9.17, 15) is 18.7 Å². The van der Waals surface area contributed by atoms with Crippen LogP contribution in [0.2, 0.25) is 0 Å². The Morgan fingerprint density at radius 3 is 2.34 bits per heavy atom. The van der Waals surface area contributed by atoms with E-state index in [2.05, 4.69) is 15.0 Å². The second-order valence-electron chi connectivity index (χ2n) is 7.30. The molecule has 0 spiro atoms. The Bertz CT molecular complexity index is 1080. The van der Waals surface area contributed by atoms with Crippen molar-refractivity contribution in [3.05, 3.63) is 71.4 Å². The van der Waals surface area contributed by atoms with Gasteiger partial charge in [0.25, 0.3) is 0 Å². The number of pyridine rings is 3. The van der Waals surface area contributed by atoms with E-state index >= 15 is 0 Å². The van der Waals surface area contributed by atoms with Crippen LogP contribution in [0.25, 0.3) is 11.3 Å². The molecule has 1 N–H and O–H groups in total. The fourth-order valence-corrected chi connectivity index (χ4v) is 2.87. The zero-order chi connectivity index (χ0) is 21.3. The van der Waals surface area contributed by atoms with E-state index in [4.69, 9.17) is 0 Å². The number of carboxylic acid groups (broad SMARTS) is 1. The van der Waals surface area contributed by atoms with Gasteiger partial charge in [0.2, 0.25) is 11.9 Å². The minimum absolute atomic E-state index is 0.0689. The molecule has 0 unspecified atom stereocenters. The first kappa shape index (κ1) is 20.3. The highest BCUT2D eigenvalue weighted by molar-refractivity contribution is 5.85. The second-order valence-corrected chi connectivity index (χ2v) is 7.30. The van der Waals surface area contributed by atoms with E-state index in [0.717, 1.165) is 11.8 Å². The average molecular weight is 398 g/mol. The summed E-state index contributed by atoms with van der Waals surface area (Å²) in [7, 11) is 3.66. The first-order chi connectivity index (χ1) is 13.6. The SMILES string of the molecule is CN(C)c1cc(-c2ccc(F)nc2F)nc(C(C)(C)c2cccc(C(=O)O)n2)c1. The molecule has 0 fully saturated rings. The first-order valence-electron chi connectivity index (χ1n) is 8.82. The molecular formula is C21H20F2N4O2. The standard InChI is InChI=1S/C21H20F2N4O2/c1-21(2,16-7-5-6-14(24-16)20(28)29)17-11-12(27(3)4)10-15(25-17)13-8-9-18(22)26-19(13)23/h5-11H,1-4H3,(H,28,29). The molecule has 0 saturated heterocycles. The Hall–Kier alpha value is -3.42. The number of aromatic nitrogens is 3. The molecule has 3 heterocycles. The molecule has 0 radical (unpaired) electrons. The summed E-state index contributed by atoms with van der Waals surface area (Å²) in [6, 6.07) is 10.6. The molecule has 0 amide bonds. The van der Waals surface area contributed by atoms with Crippen LogP contribution in [-0.4, -0.2) is 40.1 Å². The van der Waals surface area contributed by atoms with Crippen LogP contribution in [0.4, 0.5) is 14.5 Å². The topological polar surface area (TPSA) is 79.2 Å². The number of hydrogen-bond donors (Lipinski definition) is 1. The summed E-state index contributed by atoms with van der Waals surface area (Å²) in [5.41, 5.74) is 1.31. The molecule has 0 saturated carbocycles. The van der Waals surface area contributed by atoms with Crippen molar-refractivity contribution in [3.63, 3.8) is 0 Å². The maximum atomic E-state index is 14.3. The number of aromatic carboxylic acids is 1. The maximum Gasteiger partial charge on any atom is 0.354 e. The van der Waals surface area contributed by atoms with Crippen LogP contribution in [0.1, 0.15) is 35.7 Å². The third-order valence-electron chi connectivity index (χ3n) is 4.67. The van der Waals surface area contributed by atoms with Crippen LogP contribution in [0.15, 0.2) is 42.5 Å². The fourth-order valence-electron chi connectivity index (χ4n) is 2.87. The molecule has 6 nitrogen and oxygen atoms in total. The van der Waals surface area contributed by atoms with Crippen LogP contribution in [0.3, 0.4) is 0 Å². The van der Waals surface area contributed by atoms with E-state index < -0.39 is 23.3 Å². The minimum atomic E-state index is -1.13. The smallest absolute Gasteiger partial charge is 0.354 e. The third kappa shape index (κ3) is 4.06. The van der Waals surface area contributed by atoms with Gasteiger partial charge in [0.1, 0.15) is 5.69 Å². The number of carbonyl (C=O) groups is 1. The number of anilines is 1. The predicted octanol–water partition coefficient (Wildman–Crippen LogP) is 3.91. The third-order valence-corrected chi connectivity index (χ3v) is 4.67. The average Bonchev–Trinajstić information content (AvgIpc) is 2.67. The van der Waals surface area contributed by atoms with E-state index in [0.29, 0.717) is 17.1 Å². The van der Waals surface area contributed by atoms with Gasteiger partial charge in [0.15, 0.2) is 0 Å². The van der Waals surface area contributed by atoms with Crippen LogP contribution < -0.4 is 4.90 Å². The molecule has 150 valence electrons. The van der Waals surface area contributed by atoms with Gasteiger partial charge in [-0.15, -0.1) is 0 Å². The number of hydrogen-bond acceptors (Lipinski definition) is 5. The molecule has 0 atom stereocenters. The van der Waals surface area contributed by atoms with Gasteiger partial charge in [-0.1, -0.05) is 6.07 Å². The lowest BCUT2D eigenvalue weighted by Gasteiger charge is -2.26. The van der Waals surface area contributed by atoms with Crippen molar-refractivity contribution in [2.75, 3.05) is 19.0 Å². The summed E-state index contributed by atoms with van der Waals surface area (Å²) in [6.45, 7) is 3.71. The molecule has 3 aromatic rings. The van der Waals surface area contributed by atoms with Gasteiger partial charge in [-0.3, -0.25) is 4.98 Å². The highest BCUT2D eigenvalue weighted by Gasteiger charge is 2.29. The zero-order valence-electron chi connectivity index (χ0n) is 16.4. The van der Waals surface area contributed by atoms with Gasteiger partial charge in [0.05, 0.1) is 22.6 Å². The van der Waals surface area contributed by atoms with Crippen LogP contribution in [0, 0.1) is 11.9 Å². The van der Waals surface area contributed by atoms with Crippen molar-refractivity contribution in [2.45, 2.75) is 19.3 Å². The molecule has 29 heavy (non-hydrogen) atoms. The van der Waals surface area contributed by atoms with E-state index in [-0.39, 0.29) is 11.3 Å². The highest BCUT2D eigenvalue weighted by atomic mass is 19.1. The highest BCUT2D eigenvalue weighted by Crippen LogP contribution is 2.34. The molecule has 8 heteroatoms. The lowest BCUT2D eigenvalue weighted by atomic mass is 9.84. The Morgan fingerprint density at radius 1 is 1.00 bits per heavy atom. The van der Waals surface area contributed by atoms with Gasteiger partial charge >= 0.3 is 5.97 Å². The summed E-state index contributed by atoms with van der Waals surface area (Å²) >= 11 is 0. The van der Waals surface area contributed by atoms with Crippen molar-refractivity contribution in [1.29, 1.82) is 0 Å². The summed E-state index contributed by atoms with van der Waals surface area (Å²) in [4.78, 5) is 25.2. The lowest BCUT2D eigenvalue weighted by Crippen LogP contribution is -2.24. The van der Waals surface area contributed by atoms with Gasteiger partial charge in [-0.2, -0.15) is 13.8 Å². The van der Waals surface area contributed by atoms with Crippen LogP contribution in [0.5, 0.6) is 0 Å². The number of carboxylic acids is 1. The predicted molar refractivity (Wildman–Crippen MR) is 105 cm³/mol. The van der Waals surface area contributed by atoms with Gasteiger partial charge in [0, 0.05) is 25.2 Å². The summed E-state index contributed by atoms with van der Waals surface area (Å²) in [6.07, 6.45) is 0. The van der Waals surface area contributed by atoms with Gasteiger partial charge in [-0.05, 0) is 50.2 Å². The Morgan fingerprint density at radius 2 is 1.72 bits per heavy atom. The Labute approximate surface area is 166 Å². The maximum absolute atomic E-state index is 14.3. The minimum Gasteiger partial charge on any atom is -0.477 e. The van der Waals surface area contributed by atoms with Crippen molar-refractivity contribution < 1.29 is 18.7 Å². The zero-order valence-corrected chi connectivity index (χ0v) is 16.4. The monoisotopic (exact) mass is 398 g/mol. The van der Waals surface area contributed by atoms with E-state index in [1.807, 2.05) is 38.9 Å². The van der Waals surface area contributed by atoms with Gasteiger partial charge < -0.3 is 10.0 Å². The number of nitrogens with zero attached hydrogens (tertiary/aromatic N) is 4. The van der Waals surface area contributed by atoms with Crippen molar-refractivity contribution in [1.82, 2.24) is 15.0 Å². The Balaban J connectivity index is 2.19. The van der Waals surface area contributed by atoms with Crippen LogP contribution in [-0.2, 0) is 5.41 Å². The van der Waals surface area contributed by atoms with E-state index in [1.54, 1.807) is 18.2 Å². The quantitative estimate of drug-likeness (QED) is 0.657. The molecule has 0 aliphatic carbocycles. The fraction of sp³-hybridized carbons (Fsp3) is 0.238. The molecule has 0 aromatic carbocycles. The van der Waals surface area contributed by atoms with Crippen molar-refractivity contribution in [2.24, 2.45) is 0 Å². The number of rotatable bonds is 5. The van der Waals surface area contributed by atoms with Crippen molar-refractivity contribution in [3.8, 4) is 11.3 Å².